The summed E-state index contributed by atoms with van der Waals surface area (Å²) in [5.41, 5.74) is 6.36. The molecule has 0 aliphatic rings. The first-order valence-electron chi connectivity index (χ1n) is 6.46. The zero-order valence-corrected chi connectivity index (χ0v) is 11.3. The minimum atomic E-state index is 0.238. The quantitative estimate of drug-likeness (QED) is 0.692. The number of benzene rings is 1. The van der Waals surface area contributed by atoms with Crippen molar-refractivity contribution in [1.82, 2.24) is 4.90 Å². The lowest BCUT2D eigenvalue weighted by Crippen LogP contribution is -2.35. The second-order valence-electron chi connectivity index (χ2n) is 4.62. The van der Waals surface area contributed by atoms with Gasteiger partial charge < -0.3 is 15.6 Å². The number of rotatable bonds is 8. The Bertz CT molecular complexity index is 325. The van der Waals surface area contributed by atoms with E-state index < -0.39 is 0 Å². The average molecular weight is 252 g/mol. The molecular formula is C14H24N2O2. The molecule has 0 saturated heterocycles. The van der Waals surface area contributed by atoms with Gasteiger partial charge in [-0.1, -0.05) is 0 Å². The Balaban J connectivity index is 2.31. The first kappa shape index (κ1) is 14.8. The first-order chi connectivity index (χ1) is 8.63. The fraction of sp³-hybridized carbons (Fsp3) is 0.571. The number of anilines is 1. The molecule has 1 aromatic carbocycles. The van der Waals surface area contributed by atoms with Gasteiger partial charge in [0.2, 0.25) is 0 Å². The maximum absolute atomic E-state index is 8.86. The summed E-state index contributed by atoms with van der Waals surface area (Å²) in [5.74, 6) is 0.843. The van der Waals surface area contributed by atoms with Crippen LogP contribution in [0.25, 0.3) is 0 Å². The van der Waals surface area contributed by atoms with E-state index in [0.29, 0.717) is 12.6 Å². The standard InChI is InChI=1S/C14H24N2O2/c1-12(2)16(8-3-10-17)9-11-18-14-6-4-13(15)5-7-14/h4-7,12,17H,3,8-11,15H2,1-2H3. The van der Waals surface area contributed by atoms with Gasteiger partial charge in [-0.05, 0) is 44.5 Å². The van der Waals surface area contributed by atoms with E-state index in [1.807, 2.05) is 24.3 Å². The van der Waals surface area contributed by atoms with Crippen LogP contribution < -0.4 is 10.5 Å². The van der Waals surface area contributed by atoms with Crippen molar-refractivity contribution in [2.45, 2.75) is 26.3 Å². The van der Waals surface area contributed by atoms with Gasteiger partial charge in [-0.2, -0.15) is 0 Å². The number of aliphatic hydroxyl groups excluding tert-OH is 1. The number of hydrogen-bond donors (Lipinski definition) is 2. The van der Waals surface area contributed by atoms with E-state index in [1.165, 1.54) is 0 Å². The van der Waals surface area contributed by atoms with Crippen molar-refractivity contribution in [3.63, 3.8) is 0 Å². The maximum Gasteiger partial charge on any atom is 0.119 e. The van der Waals surface area contributed by atoms with E-state index in [-0.39, 0.29) is 6.61 Å². The Kier molecular flexibility index (Phi) is 6.54. The van der Waals surface area contributed by atoms with E-state index in [9.17, 15) is 0 Å². The van der Waals surface area contributed by atoms with Crippen molar-refractivity contribution in [3.8, 4) is 5.75 Å². The number of nitrogen functional groups attached to an aromatic ring is 1. The summed E-state index contributed by atoms with van der Waals surface area (Å²) in [5, 5.41) is 8.86. The number of hydrogen-bond acceptors (Lipinski definition) is 4. The highest BCUT2D eigenvalue weighted by atomic mass is 16.5. The van der Waals surface area contributed by atoms with Gasteiger partial charge in [0.05, 0.1) is 0 Å². The number of aliphatic hydroxyl groups is 1. The topological polar surface area (TPSA) is 58.7 Å². The summed E-state index contributed by atoms with van der Waals surface area (Å²) in [6.07, 6.45) is 0.806. The molecule has 18 heavy (non-hydrogen) atoms. The van der Waals surface area contributed by atoms with E-state index >= 15 is 0 Å². The smallest absolute Gasteiger partial charge is 0.119 e. The Hall–Kier alpha value is -1.26. The van der Waals surface area contributed by atoms with Crippen molar-refractivity contribution in [2.24, 2.45) is 0 Å². The highest BCUT2D eigenvalue weighted by molar-refractivity contribution is 5.41. The lowest BCUT2D eigenvalue weighted by atomic mass is 10.3. The number of nitrogens with zero attached hydrogens (tertiary/aromatic N) is 1. The van der Waals surface area contributed by atoms with Crippen LogP contribution in [0, 0.1) is 0 Å². The highest BCUT2D eigenvalue weighted by Gasteiger charge is 2.08. The van der Waals surface area contributed by atoms with Crippen molar-refractivity contribution in [1.29, 1.82) is 0 Å². The molecule has 1 rings (SSSR count). The van der Waals surface area contributed by atoms with Crippen LogP contribution in [-0.2, 0) is 0 Å². The molecule has 0 amide bonds. The largest absolute Gasteiger partial charge is 0.492 e. The van der Waals surface area contributed by atoms with Crippen LogP contribution >= 0.6 is 0 Å². The average Bonchev–Trinajstić information content (AvgIpc) is 2.35. The zero-order chi connectivity index (χ0) is 13.4. The van der Waals surface area contributed by atoms with Gasteiger partial charge in [0.15, 0.2) is 0 Å². The molecule has 0 aliphatic carbocycles. The highest BCUT2D eigenvalue weighted by Crippen LogP contribution is 2.13. The van der Waals surface area contributed by atoms with Crippen molar-refractivity contribution in [2.75, 3.05) is 32.0 Å². The van der Waals surface area contributed by atoms with Crippen LogP contribution in [0.2, 0.25) is 0 Å². The lowest BCUT2D eigenvalue weighted by Gasteiger charge is -2.26. The van der Waals surface area contributed by atoms with Gasteiger partial charge in [0, 0.05) is 31.4 Å². The lowest BCUT2D eigenvalue weighted by molar-refractivity contribution is 0.160. The summed E-state index contributed by atoms with van der Waals surface area (Å²) in [4.78, 5) is 2.30. The van der Waals surface area contributed by atoms with Crippen LogP contribution in [0.3, 0.4) is 0 Å². The molecular weight excluding hydrogens is 228 g/mol. The third-order valence-corrected chi connectivity index (χ3v) is 2.86. The summed E-state index contributed by atoms with van der Waals surface area (Å²) in [6, 6.07) is 7.89. The second kappa shape index (κ2) is 7.95. The van der Waals surface area contributed by atoms with Crippen molar-refractivity contribution in [3.05, 3.63) is 24.3 Å². The molecule has 102 valence electrons. The summed E-state index contributed by atoms with van der Waals surface area (Å²) < 4.78 is 5.66. The van der Waals surface area contributed by atoms with Gasteiger partial charge in [0.25, 0.3) is 0 Å². The third-order valence-electron chi connectivity index (χ3n) is 2.86. The molecule has 0 heterocycles. The Morgan fingerprint density at radius 1 is 1.22 bits per heavy atom. The normalized spacial score (nSPS) is 11.2. The van der Waals surface area contributed by atoms with Crippen molar-refractivity contribution >= 4 is 5.69 Å². The minimum Gasteiger partial charge on any atom is -0.492 e. The van der Waals surface area contributed by atoms with Crippen LogP contribution in [0.4, 0.5) is 5.69 Å². The summed E-state index contributed by atoms with van der Waals surface area (Å²) >= 11 is 0. The molecule has 4 nitrogen and oxygen atoms in total. The number of ether oxygens (including phenoxy) is 1. The minimum absolute atomic E-state index is 0.238. The SMILES string of the molecule is CC(C)N(CCCO)CCOc1ccc(N)cc1. The molecule has 3 N–H and O–H groups in total. The molecule has 0 fully saturated rings. The predicted molar refractivity (Wildman–Crippen MR) is 74.8 cm³/mol. The van der Waals surface area contributed by atoms with Gasteiger partial charge in [-0.15, -0.1) is 0 Å². The van der Waals surface area contributed by atoms with E-state index in [4.69, 9.17) is 15.6 Å². The number of nitrogens with two attached hydrogens (primary N) is 1. The summed E-state index contributed by atoms with van der Waals surface area (Å²) in [6.45, 7) is 6.96. The van der Waals surface area contributed by atoms with Crippen LogP contribution in [0.1, 0.15) is 20.3 Å². The predicted octanol–water partition coefficient (Wildman–Crippen LogP) is 1.74. The molecule has 0 saturated carbocycles. The second-order valence-corrected chi connectivity index (χ2v) is 4.62. The van der Waals surface area contributed by atoms with E-state index in [0.717, 1.165) is 30.9 Å². The van der Waals surface area contributed by atoms with Gasteiger partial charge in [-0.3, -0.25) is 4.90 Å². The maximum atomic E-state index is 8.86. The third kappa shape index (κ3) is 5.38. The first-order valence-corrected chi connectivity index (χ1v) is 6.46. The Morgan fingerprint density at radius 2 is 1.89 bits per heavy atom. The summed E-state index contributed by atoms with van der Waals surface area (Å²) in [7, 11) is 0. The van der Waals surface area contributed by atoms with E-state index in [2.05, 4.69) is 18.7 Å². The van der Waals surface area contributed by atoms with Gasteiger partial charge >= 0.3 is 0 Å². The fourth-order valence-electron chi connectivity index (χ4n) is 1.75. The van der Waals surface area contributed by atoms with E-state index in [1.54, 1.807) is 0 Å². The van der Waals surface area contributed by atoms with Crippen LogP contribution in [-0.4, -0.2) is 42.4 Å². The molecule has 0 spiro atoms. The van der Waals surface area contributed by atoms with Gasteiger partial charge in [-0.25, -0.2) is 0 Å². The molecule has 0 bridgehead atoms. The Morgan fingerprint density at radius 3 is 2.44 bits per heavy atom. The molecule has 0 aromatic heterocycles. The molecule has 0 unspecified atom stereocenters. The fourth-order valence-corrected chi connectivity index (χ4v) is 1.75. The molecule has 0 aliphatic heterocycles. The van der Waals surface area contributed by atoms with Crippen LogP contribution in [0.15, 0.2) is 24.3 Å². The van der Waals surface area contributed by atoms with Crippen LogP contribution in [0.5, 0.6) is 5.75 Å². The van der Waals surface area contributed by atoms with Gasteiger partial charge in [0.1, 0.15) is 12.4 Å². The molecule has 0 radical (unpaired) electrons. The zero-order valence-electron chi connectivity index (χ0n) is 11.3. The molecule has 4 heteroatoms. The monoisotopic (exact) mass is 252 g/mol. The Labute approximate surface area is 109 Å². The molecule has 0 atom stereocenters. The molecule has 1 aromatic rings. The van der Waals surface area contributed by atoms with Crippen molar-refractivity contribution < 1.29 is 9.84 Å².